The van der Waals surface area contributed by atoms with Crippen LogP contribution in [0.3, 0.4) is 0 Å². The summed E-state index contributed by atoms with van der Waals surface area (Å²) in [7, 11) is 0. The third kappa shape index (κ3) is 2.71. The number of hydrogen-bond acceptors (Lipinski definition) is 5. The molecule has 0 aromatic heterocycles. The maximum Gasteiger partial charge on any atom is 0.341 e. The Morgan fingerprint density at radius 1 is 1.24 bits per heavy atom. The number of rotatable bonds is 4. The Balaban J connectivity index is 2.22. The van der Waals surface area contributed by atoms with Gasteiger partial charge in [0, 0.05) is 5.56 Å². The van der Waals surface area contributed by atoms with E-state index >= 15 is 0 Å². The van der Waals surface area contributed by atoms with Crippen LogP contribution in [0.15, 0.2) is 29.3 Å². The molecule has 1 aromatic rings. The maximum atomic E-state index is 10.5. The fraction of sp³-hybridized carbons (Fsp3) is 0.467. The monoisotopic (exact) mass is 292 g/mol. The highest BCUT2D eigenvalue weighted by atomic mass is 16.5. The number of hydroxylamine groups is 2. The highest BCUT2D eigenvalue weighted by Gasteiger charge is 2.49. The third-order valence-electron chi connectivity index (χ3n) is 4.09. The lowest BCUT2D eigenvalue weighted by molar-refractivity contribution is -0.139. The lowest BCUT2D eigenvalue weighted by Gasteiger charge is -2.36. The number of benzene rings is 1. The molecule has 0 atom stereocenters. The van der Waals surface area contributed by atoms with Crippen LogP contribution in [0.4, 0.5) is 0 Å². The molecule has 1 aromatic carbocycles. The van der Waals surface area contributed by atoms with Crippen molar-refractivity contribution in [2.45, 2.75) is 38.8 Å². The van der Waals surface area contributed by atoms with Gasteiger partial charge in [-0.1, -0.05) is 0 Å². The zero-order chi connectivity index (χ0) is 15.8. The van der Waals surface area contributed by atoms with E-state index in [9.17, 15) is 10.0 Å². The molecule has 21 heavy (non-hydrogen) atoms. The predicted molar refractivity (Wildman–Crippen MR) is 77.9 cm³/mol. The summed E-state index contributed by atoms with van der Waals surface area (Å²) < 4.78 is 5.08. The molecule has 0 amide bonds. The first-order valence-electron chi connectivity index (χ1n) is 6.69. The first-order chi connectivity index (χ1) is 9.65. The maximum absolute atomic E-state index is 10.5. The van der Waals surface area contributed by atoms with E-state index in [1.165, 1.54) is 5.06 Å². The number of hydrogen-bond donors (Lipinski definition) is 2. The minimum atomic E-state index is -1.02. The molecule has 1 heterocycles. The molecular weight excluding hydrogens is 272 g/mol. The highest BCUT2D eigenvalue weighted by Crippen LogP contribution is 2.37. The molecule has 2 rings (SSSR count). The van der Waals surface area contributed by atoms with Crippen LogP contribution < -0.4 is 4.74 Å². The van der Waals surface area contributed by atoms with Gasteiger partial charge in [0.1, 0.15) is 5.75 Å². The van der Waals surface area contributed by atoms with Gasteiger partial charge in [-0.25, -0.2) is 9.86 Å². The molecule has 0 saturated carbocycles. The number of nitrogens with zero attached hydrogens (tertiary/aromatic N) is 2. The first-order valence-corrected chi connectivity index (χ1v) is 6.69. The minimum Gasteiger partial charge on any atom is -0.482 e. The largest absolute Gasteiger partial charge is 0.482 e. The van der Waals surface area contributed by atoms with Crippen molar-refractivity contribution in [3.05, 3.63) is 29.8 Å². The van der Waals surface area contributed by atoms with Crippen LogP contribution in [-0.2, 0) is 4.79 Å². The lowest BCUT2D eigenvalue weighted by Crippen LogP contribution is -2.51. The van der Waals surface area contributed by atoms with Gasteiger partial charge in [-0.2, -0.15) is 0 Å². The summed E-state index contributed by atoms with van der Waals surface area (Å²) in [4.78, 5) is 15.0. The number of carbonyl (C=O) groups is 1. The molecule has 0 fully saturated rings. The fourth-order valence-corrected chi connectivity index (χ4v) is 2.00. The van der Waals surface area contributed by atoms with Gasteiger partial charge in [0.05, 0.1) is 11.1 Å². The second-order valence-corrected chi connectivity index (χ2v) is 6.07. The summed E-state index contributed by atoms with van der Waals surface area (Å²) >= 11 is 0. The second-order valence-electron chi connectivity index (χ2n) is 6.07. The van der Waals surface area contributed by atoms with Gasteiger partial charge >= 0.3 is 5.97 Å². The highest BCUT2D eigenvalue weighted by molar-refractivity contribution is 6.00. The van der Waals surface area contributed by atoms with E-state index in [1.54, 1.807) is 24.3 Å². The summed E-state index contributed by atoms with van der Waals surface area (Å²) in [6.45, 7) is 7.40. The number of aliphatic imine (C=N–C) groups is 1. The summed E-state index contributed by atoms with van der Waals surface area (Å²) in [5.74, 6) is -0.0678. The molecule has 0 radical (unpaired) electrons. The Morgan fingerprint density at radius 3 is 2.24 bits per heavy atom. The zero-order valence-corrected chi connectivity index (χ0v) is 12.6. The molecule has 0 saturated heterocycles. The van der Waals surface area contributed by atoms with Crippen molar-refractivity contribution in [1.82, 2.24) is 5.06 Å². The average Bonchev–Trinajstić information content (AvgIpc) is 2.57. The molecule has 0 unspecified atom stereocenters. The summed E-state index contributed by atoms with van der Waals surface area (Å²) in [6.07, 6.45) is 0. The fourth-order valence-electron chi connectivity index (χ4n) is 2.00. The number of amidine groups is 1. The van der Waals surface area contributed by atoms with E-state index in [4.69, 9.17) is 9.84 Å². The molecule has 0 spiro atoms. The van der Waals surface area contributed by atoms with Crippen molar-refractivity contribution in [3.63, 3.8) is 0 Å². The van der Waals surface area contributed by atoms with E-state index in [0.717, 1.165) is 5.56 Å². The second kappa shape index (κ2) is 5.04. The Morgan fingerprint density at radius 2 is 1.81 bits per heavy atom. The Kier molecular flexibility index (Phi) is 3.67. The molecule has 1 aliphatic heterocycles. The normalized spacial score (nSPS) is 19.3. The van der Waals surface area contributed by atoms with Gasteiger partial charge in [-0.05, 0) is 52.0 Å². The SMILES string of the molecule is CC1(C)N=C(c2ccc(OCC(=O)O)cc2)N(O)C1(C)C. The van der Waals surface area contributed by atoms with Gasteiger partial charge < -0.3 is 9.84 Å². The van der Waals surface area contributed by atoms with Crippen molar-refractivity contribution >= 4 is 11.8 Å². The van der Waals surface area contributed by atoms with Gasteiger partial charge in [-0.3, -0.25) is 10.2 Å². The van der Waals surface area contributed by atoms with E-state index < -0.39 is 17.0 Å². The van der Waals surface area contributed by atoms with Crippen LogP contribution in [0.25, 0.3) is 0 Å². The molecule has 2 N–H and O–H groups in total. The van der Waals surface area contributed by atoms with E-state index in [1.807, 2.05) is 27.7 Å². The van der Waals surface area contributed by atoms with E-state index in [-0.39, 0.29) is 6.61 Å². The van der Waals surface area contributed by atoms with Crippen LogP contribution in [-0.4, -0.2) is 44.9 Å². The molecule has 0 aliphatic carbocycles. The average molecular weight is 292 g/mol. The molecule has 0 bridgehead atoms. The van der Waals surface area contributed by atoms with Gasteiger partial charge in [0.15, 0.2) is 12.4 Å². The topological polar surface area (TPSA) is 82.4 Å². The van der Waals surface area contributed by atoms with Crippen LogP contribution in [0.2, 0.25) is 0 Å². The van der Waals surface area contributed by atoms with E-state index in [0.29, 0.717) is 11.6 Å². The summed E-state index contributed by atoms with van der Waals surface area (Å²) in [6, 6.07) is 6.81. The summed E-state index contributed by atoms with van der Waals surface area (Å²) in [5, 5.41) is 20.1. The first kappa shape index (κ1) is 15.3. The smallest absolute Gasteiger partial charge is 0.341 e. The standard InChI is InChI=1S/C15H20N2O4/c1-14(2)15(3,4)17(20)13(16-14)10-5-7-11(8-6-10)21-9-12(18)19/h5-8,20H,9H2,1-4H3,(H,18,19). The van der Waals surface area contributed by atoms with Gasteiger partial charge in [0.2, 0.25) is 0 Å². The Bertz CT molecular complexity index is 576. The van der Waals surface area contributed by atoms with Crippen molar-refractivity contribution in [2.24, 2.45) is 4.99 Å². The van der Waals surface area contributed by atoms with Crippen molar-refractivity contribution < 1.29 is 19.8 Å². The van der Waals surface area contributed by atoms with Crippen molar-refractivity contribution in [3.8, 4) is 5.75 Å². The zero-order valence-electron chi connectivity index (χ0n) is 12.6. The van der Waals surface area contributed by atoms with E-state index in [2.05, 4.69) is 4.99 Å². The lowest BCUT2D eigenvalue weighted by atomic mass is 9.84. The van der Waals surface area contributed by atoms with Gasteiger partial charge in [0.25, 0.3) is 0 Å². The number of aliphatic carboxylic acids is 1. The van der Waals surface area contributed by atoms with Crippen molar-refractivity contribution in [1.29, 1.82) is 0 Å². The van der Waals surface area contributed by atoms with Crippen LogP contribution in [0, 0.1) is 0 Å². The van der Waals surface area contributed by atoms with Crippen molar-refractivity contribution in [2.75, 3.05) is 6.61 Å². The van der Waals surface area contributed by atoms with Crippen LogP contribution in [0.5, 0.6) is 5.75 Å². The molecule has 6 heteroatoms. The molecule has 6 nitrogen and oxygen atoms in total. The van der Waals surface area contributed by atoms with Crippen LogP contribution in [0.1, 0.15) is 33.3 Å². The quantitative estimate of drug-likeness (QED) is 0.888. The van der Waals surface area contributed by atoms with Crippen LogP contribution >= 0.6 is 0 Å². The number of carboxylic acid groups (broad SMARTS) is 1. The number of ether oxygens (including phenoxy) is 1. The predicted octanol–water partition coefficient (Wildman–Crippen LogP) is 2.16. The summed E-state index contributed by atoms with van der Waals surface area (Å²) in [5.41, 5.74) is -0.185. The Hall–Kier alpha value is -2.08. The molecular formula is C15H20N2O4. The van der Waals surface area contributed by atoms with Gasteiger partial charge in [-0.15, -0.1) is 0 Å². The molecule has 114 valence electrons. The Labute approximate surface area is 123 Å². The number of carboxylic acids is 1. The third-order valence-corrected chi connectivity index (χ3v) is 4.09. The molecule has 1 aliphatic rings. The minimum absolute atomic E-state index is 0.382.